The van der Waals surface area contributed by atoms with Gasteiger partial charge in [-0.25, -0.2) is 24.1 Å². The number of pyridine rings is 1. The molecular weight excluding hydrogens is 411 g/mol. The van der Waals surface area contributed by atoms with E-state index in [-0.39, 0.29) is 33.9 Å². The molecule has 1 N–H and O–H groups in total. The molecule has 32 heavy (non-hydrogen) atoms. The van der Waals surface area contributed by atoms with Crippen LogP contribution in [0.4, 0.5) is 4.39 Å². The molecule has 0 saturated heterocycles. The quantitative estimate of drug-likeness (QED) is 0.644. The number of aromatic nitrogens is 3. The van der Waals surface area contributed by atoms with Gasteiger partial charge in [0.25, 0.3) is 0 Å². The highest BCUT2D eigenvalue weighted by atomic mass is 19.1. The van der Waals surface area contributed by atoms with Gasteiger partial charge in [-0.2, -0.15) is 0 Å². The minimum absolute atomic E-state index is 0.0167. The molecule has 0 amide bonds. The Morgan fingerprint density at radius 3 is 2.75 bits per heavy atom. The van der Waals surface area contributed by atoms with Crippen LogP contribution in [0.15, 0.2) is 39.8 Å². The molecule has 3 heterocycles. The maximum Gasteiger partial charge on any atom is 0.341 e. The SMILES string of the molecule is CCc1c(C(=O)O)c(=O)c2cc(F)c3nc4c(nc3c2n1C1CC1)=NC1=CC=CC(C)C=41. The van der Waals surface area contributed by atoms with Crippen molar-refractivity contribution < 1.29 is 14.3 Å². The van der Waals surface area contributed by atoms with Crippen molar-refractivity contribution in [3.63, 3.8) is 0 Å². The van der Waals surface area contributed by atoms with Gasteiger partial charge in [0.05, 0.1) is 16.6 Å². The van der Waals surface area contributed by atoms with E-state index >= 15 is 4.39 Å². The number of allylic oxidation sites excluding steroid dienone is 4. The maximum absolute atomic E-state index is 15.3. The van der Waals surface area contributed by atoms with Crippen molar-refractivity contribution in [3.05, 3.63) is 68.1 Å². The molecule has 0 bridgehead atoms. The Bertz CT molecular complexity index is 1640. The van der Waals surface area contributed by atoms with E-state index in [1.54, 1.807) is 0 Å². The number of fused-ring (bicyclic) bond motifs is 5. The zero-order valence-electron chi connectivity index (χ0n) is 17.5. The lowest BCUT2D eigenvalue weighted by molar-refractivity contribution is 0.0693. The molecule has 3 aromatic rings. The number of hydrogen-bond acceptors (Lipinski definition) is 5. The minimum Gasteiger partial charge on any atom is -0.477 e. The molecule has 2 aromatic heterocycles. The molecular formula is C24H19FN4O3. The fourth-order valence-corrected chi connectivity index (χ4v) is 4.93. The van der Waals surface area contributed by atoms with E-state index in [1.165, 1.54) is 0 Å². The Labute approximate surface area is 180 Å². The number of carboxylic acids is 1. The molecule has 1 saturated carbocycles. The fourth-order valence-electron chi connectivity index (χ4n) is 4.93. The van der Waals surface area contributed by atoms with E-state index in [2.05, 4.69) is 9.98 Å². The number of halogens is 1. The van der Waals surface area contributed by atoms with Crippen LogP contribution >= 0.6 is 0 Å². The predicted molar refractivity (Wildman–Crippen MR) is 116 cm³/mol. The molecule has 6 rings (SSSR count). The summed E-state index contributed by atoms with van der Waals surface area (Å²) >= 11 is 0. The zero-order chi connectivity index (χ0) is 22.3. The molecule has 8 heteroatoms. The van der Waals surface area contributed by atoms with E-state index in [1.807, 2.05) is 36.6 Å². The summed E-state index contributed by atoms with van der Waals surface area (Å²) in [6, 6.07) is 1.17. The molecule has 160 valence electrons. The zero-order valence-corrected chi connectivity index (χ0v) is 17.5. The van der Waals surface area contributed by atoms with Gasteiger partial charge < -0.3 is 9.67 Å². The van der Waals surface area contributed by atoms with Gasteiger partial charge in [-0.1, -0.05) is 26.0 Å². The molecule has 1 fully saturated rings. The van der Waals surface area contributed by atoms with Crippen LogP contribution in [-0.4, -0.2) is 25.6 Å². The Morgan fingerprint density at radius 1 is 1.28 bits per heavy atom. The van der Waals surface area contributed by atoms with Crippen LogP contribution in [-0.2, 0) is 6.42 Å². The third-order valence-electron chi connectivity index (χ3n) is 6.47. The van der Waals surface area contributed by atoms with E-state index in [0.717, 1.165) is 30.2 Å². The van der Waals surface area contributed by atoms with Crippen LogP contribution in [0, 0.1) is 11.7 Å². The molecule has 2 aliphatic carbocycles. The van der Waals surface area contributed by atoms with Gasteiger partial charge in [0.1, 0.15) is 21.9 Å². The third kappa shape index (κ3) is 2.43. The second kappa shape index (κ2) is 6.41. The molecule has 1 unspecified atom stereocenters. The summed E-state index contributed by atoms with van der Waals surface area (Å²) in [4.78, 5) is 39.1. The highest BCUT2D eigenvalue weighted by Crippen LogP contribution is 2.40. The fraction of sp³-hybridized carbons (Fsp3) is 0.292. The monoisotopic (exact) mass is 430 g/mol. The van der Waals surface area contributed by atoms with Crippen LogP contribution in [0.25, 0.3) is 27.5 Å². The molecule has 1 aromatic carbocycles. The number of carboxylic acid groups (broad SMARTS) is 1. The summed E-state index contributed by atoms with van der Waals surface area (Å²) in [5.41, 5.74) is 2.29. The van der Waals surface area contributed by atoms with Gasteiger partial charge in [-0.3, -0.25) is 4.79 Å². The van der Waals surface area contributed by atoms with Crippen molar-refractivity contribution in [1.29, 1.82) is 0 Å². The number of benzene rings is 1. The number of carbonyl (C=O) groups is 1. The molecule has 1 atom stereocenters. The molecule has 1 aliphatic heterocycles. The average Bonchev–Trinajstić information content (AvgIpc) is 3.52. The van der Waals surface area contributed by atoms with Crippen LogP contribution in [0.3, 0.4) is 0 Å². The number of nitrogens with zero attached hydrogens (tertiary/aromatic N) is 4. The summed E-state index contributed by atoms with van der Waals surface area (Å²) in [5.74, 6) is -1.92. The lowest BCUT2D eigenvalue weighted by Crippen LogP contribution is -2.32. The van der Waals surface area contributed by atoms with Crippen molar-refractivity contribution in [3.8, 4) is 0 Å². The first-order valence-corrected chi connectivity index (χ1v) is 10.7. The smallest absolute Gasteiger partial charge is 0.341 e. The van der Waals surface area contributed by atoms with Gasteiger partial charge in [0.2, 0.25) is 5.43 Å². The normalized spacial score (nSPS) is 19.2. The topological polar surface area (TPSA) is 97.4 Å². The minimum atomic E-state index is -1.30. The molecule has 0 spiro atoms. The lowest BCUT2D eigenvalue weighted by atomic mass is 9.94. The molecule has 3 aliphatic rings. The Morgan fingerprint density at radius 2 is 2.06 bits per heavy atom. The van der Waals surface area contributed by atoms with Gasteiger partial charge >= 0.3 is 5.97 Å². The summed E-state index contributed by atoms with van der Waals surface area (Å²) in [6.45, 7) is 3.84. The van der Waals surface area contributed by atoms with Crippen molar-refractivity contribution in [1.82, 2.24) is 14.5 Å². The van der Waals surface area contributed by atoms with Gasteiger partial charge in [0, 0.05) is 23.2 Å². The maximum atomic E-state index is 15.3. The Balaban J connectivity index is 1.85. The van der Waals surface area contributed by atoms with Gasteiger partial charge in [-0.15, -0.1) is 0 Å². The van der Waals surface area contributed by atoms with Crippen LogP contribution in [0.1, 0.15) is 48.8 Å². The first kappa shape index (κ1) is 19.0. The Hall–Kier alpha value is -3.68. The van der Waals surface area contributed by atoms with Gasteiger partial charge in [-0.05, 0) is 31.4 Å². The van der Waals surface area contributed by atoms with Crippen LogP contribution in [0.2, 0.25) is 0 Å². The van der Waals surface area contributed by atoms with E-state index < -0.39 is 17.2 Å². The number of hydrogen-bond donors (Lipinski definition) is 1. The number of rotatable bonds is 3. The third-order valence-corrected chi connectivity index (χ3v) is 6.47. The highest BCUT2D eigenvalue weighted by Gasteiger charge is 2.33. The first-order chi connectivity index (χ1) is 15.4. The van der Waals surface area contributed by atoms with E-state index in [9.17, 15) is 14.7 Å². The second-order valence-corrected chi connectivity index (χ2v) is 8.51. The standard InChI is InChI=1S/C24H19FN4O3/c1-3-15-17(24(31)32)22(30)12-9-13(25)18-20(21(12)29(15)11-7-8-11)28-23-19(27-18)16-10(2)5-4-6-14(16)26-23/h4-6,9-11H,3,7-8H2,1-2H3,(H,31,32). The van der Waals surface area contributed by atoms with Crippen molar-refractivity contribution in [2.24, 2.45) is 10.9 Å². The van der Waals surface area contributed by atoms with Crippen LogP contribution < -0.4 is 16.3 Å². The predicted octanol–water partition coefficient (Wildman–Crippen LogP) is 2.55. The highest BCUT2D eigenvalue weighted by molar-refractivity contribution is 6.05. The molecule has 7 nitrogen and oxygen atoms in total. The average molecular weight is 430 g/mol. The van der Waals surface area contributed by atoms with Crippen molar-refractivity contribution in [2.45, 2.75) is 39.2 Å². The molecule has 0 radical (unpaired) electrons. The summed E-state index contributed by atoms with van der Waals surface area (Å²) in [5, 5.41) is 10.3. The largest absolute Gasteiger partial charge is 0.477 e. The second-order valence-electron chi connectivity index (χ2n) is 8.51. The Kier molecular flexibility index (Phi) is 3.82. The summed E-state index contributed by atoms with van der Waals surface area (Å²) in [6.07, 6.45) is 7.92. The lowest BCUT2D eigenvalue weighted by Gasteiger charge is -2.19. The first-order valence-electron chi connectivity index (χ1n) is 10.7. The van der Waals surface area contributed by atoms with Crippen molar-refractivity contribution >= 4 is 33.5 Å². The summed E-state index contributed by atoms with van der Waals surface area (Å²) in [7, 11) is 0. The summed E-state index contributed by atoms with van der Waals surface area (Å²) < 4.78 is 17.2. The van der Waals surface area contributed by atoms with E-state index in [0.29, 0.717) is 28.5 Å². The van der Waals surface area contributed by atoms with Crippen molar-refractivity contribution in [2.75, 3.05) is 0 Å². The van der Waals surface area contributed by atoms with E-state index in [4.69, 9.17) is 4.98 Å². The van der Waals surface area contributed by atoms with Gasteiger partial charge in [0.15, 0.2) is 11.3 Å². The number of aromatic carboxylic acids is 1. The van der Waals surface area contributed by atoms with Crippen LogP contribution in [0.5, 0.6) is 0 Å².